The van der Waals surface area contributed by atoms with Crippen molar-refractivity contribution in [3.05, 3.63) is 69.4 Å². The second kappa shape index (κ2) is 5.18. The predicted molar refractivity (Wildman–Crippen MR) is 81.0 cm³/mol. The summed E-state index contributed by atoms with van der Waals surface area (Å²) < 4.78 is 13.8. The molecule has 108 valence electrons. The van der Waals surface area contributed by atoms with Crippen LogP contribution in [-0.4, -0.2) is 17.0 Å². The lowest BCUT2D eigenvalue weighted by molar-refractivity contribution is 0.608. The Labute approximate surface area is 121 Å². The summed E-state index contributed by atoms with van der Waals surface area (Å²) in [7, 11) is 1.83. The monoisotopic (exact) mass is 285 g/mol. The Bertz CT molecular complexity index is 850. The Morgan fingerprint density at radius 1 is 1.05 bits per heavy atom. The van der Waals surface area contributed by atoms with E-state index >= 15 is 0 Å². The molecule has 0 saturated heterocycles. The van der Waals surface area contributed by atoms with Crippen LogP contribution in [0.3, 0.4) is 0 Å². The molecule has 0 aliphatic carbocycles. The van der Waals surface area contributed by atoms with Gasteiger partial charge in [0.1, 0.15) is 5.82 Å². The number of nitrogens with one attached hydrogen (secondary N) is 3. The van der Waals surface area contributed by atoms with Gasteiger partial charge < -0.3 is 15.3 Å². The van der Waals surface area contributed by atoms with Crippen LogP contribution in [0, 0.1) is 12.7 Å². The van der Waals surface area contributed by atoms with Gasteiger partial charge in [-0.25, -0.2) is 9.18 Å². The third kappa shape index (κ3) is 2.48. The number of hydrogen-bond acceptors (Lipinski definition) is 2. The molecule has 3 aromatic rings. The zero-order valence-electron chi connectivity index (χ0n) is 11.8. The minimum atomic E-state index is -0.232. The van der Waals surface area contributed by atoms with Gasteiger partial charge in [0.05, 0.1) is 17.1 Å². The summed E-state index contributed by atoms with van der Waals surface area (Å²) in [4.78, 5) is 16.8. The van der Waals surface area contributed by atoms with Gasteiger partial charge in [0.15, 0.2) is 0 Å². The van der Waals surface area contributed by atoms with Crippen LogP contribution < -0.4 is 11.0 Å². The van der Waals surface area contributed by atoms with Crippen LogP contribution in [0.15, 0.2) is 41.2 Å². The van der Waals surface area contributed by atoms with Crippen molar-refractivity contribution in [1.82, 2.24) is 15.3 Å². The van der Waals surface area contributed by atoms with Gasteiger partial charge in [-0.2, -0.15) is 0 Å². The molecule has 4 nitrogen and oxygen atoms in total. The fourth-order valence-corrected chi connectivity index (χ4v) is 2.54. The number of aromatic amines is 2. The van der Waals surface area contributed by atoms with Gasteiger partial charge >= 0.3 is 5.69 Å². The highest BCUT2D eigenvalue weighted by Gasteiger charge is 2.14. The van der Waals surface area contributed by atoms with Gasteiger partial charge in [-0.15, -0.1) is 0 Å². The van der Waals surface area contributed by atoms with Crippen LogP contribution in [0.2, 0.25) is 0 Å². The standard InChI is InChI=1S/C16H16FN3O/c1-9-3-4-10(7-12(9)17)15(18-2)11-5-6-13-14(8-11)20-16(21)19-13/h3-8,15,18H,1-2H3,(H2,19,20,21). The average molecular weight is 285 g/mol. The van der Waals surface area contributed by atoms with E-state index in [-0.39, 0.29) is 17.5 Å². The Morgan fingerprint density at radius 3 is 2.43 bits per heavy atom. The van der Waals surface area contributed by atoms with Gasteiger partial charge in [-0.05, 0) is 48.9 Å². The summed E-state index contributed by atoms with van der Waals surface area (Å²) >= 11 is 0. The summed E-state index contributed by atoms with van der Waals surface area (Å²) in [6.07, 6.45) is 0. The maximum atomic E-state index is 13.8. The van der Waals surface area contributed by atoms with E-state index in [9.17, 15) is 9.18 Å². The molecule has 0 aliphatic heterocycles. The lowest BCUT2D eigenvalue weighted by Crippen LogP contribution is -2.17. The number of fused-ring (bicyclic) bond motifs is 1. The number of benzene rings is 2. The van der Waals surface area contributed by atoms with Gasteiger partial charge in [-0.1, -0.05) is 18.2 Å². The van der Waals surface area contributed by atoms with Crippen molar-refractivity contribution < 1.29 is 4.39 Å². The smallest absolute Gasteiger partial charge is 0.309 e. The van der Waals surface area contributed by atoms with E-state index in [4.69, 9.17) is 0 Å². The van der Waals surface area contributed by atoms with Crippen LogP contribution in [-0.2, 0) is 0 Å². The molecule has 0 amide bonds. The predicted octanol–water partition coefficient (Wildman–Crippen LogP) is 2.61. The fraction of sp³-hybridized carbons (Fsp3) is 0.188. The van der Waals surface area contributed by atoms with Crippen molar-refractivity contribution in [3.8, 4) is 0 Å². The zero-order chi connectivity index (χ0) is 15.0. The summed E-state index contributed by atoms with van der Waals surface area (Å²) in [5, 5.41) is 3.18. The van der Waals surface area contributed by atoms with Crippen LogP contribution in [0.25, 0.3) is 11.0 Å². The molecule has 1 unspecified atom stereocenters. The van der Waals surface area contributed by atoms with E-state index < -0.39 is 0 Å². The quantitative estimate of drug-likeness (QED) is 0.692. The maximum Gasteiger partial charge on any atom is 0.323 e. The minimum Gasteiger partial charge on any atom is -0.309 e. The largest absolute Gasteiger partial charge is 0.323 e. The summed E-state index contributed by atoms with van der Waals surface area (Å²) in [6.45, 7) is 1.74. The third-order valence-electron chi connectivity index (χ3n) is 3.69. The maximum absolute atomic E-state index is 13.8. The van der Waals surface area contributed by atoms with Gasteiger partial charge in [0, 0.05) is 0 Å². The molecule has 3 rings (SSSR count). The first-order valence-electron chi connectivity index (χ1n) is 6.74. The molecule has 3 N–H and O–H groups in total. The number of aromatic nitrogens is 2. The molecule has 0 saturated carbocycles. The number of halogens is 1. The van der Waals surface area contributed by atoms with Crippen LogP contribution in [0.5, 0.6) is 0 Å². The lowest BCUT2D eigenvalue weighted by Gasteiger charge is -2.18. The molecular weight excluding hydrogens is 269 g/mol. The second-order valence-electron chi connectivity index (χ2n) is 5.11. The second-order valence-corrected chi connectivity index (χ2v) is 5.11. The number of imidazole rings is 1. The highest BCUT2D eigenvalue weighted by Crippen LogP contribution is 2.25. The summed E-state index contributed by atoms with van der Waals surface area (Å²) in [6, 6.07) is 10.7. The molecular formula is C16H16FN3O. The van der Waals surface area contributed by atoms with E-state index in [1.807, 2.05) is 31.3 Å². The highest BCUT2D eigenvalue weighted by atomic mass is 19.1. The highest BCUT2D eigenvalue weighted by molar-refractivity contribution is 5.75. The molecule has 5 heteroatoms. The number of H-pyrrole nitrogens is 2. The molecule has 21 heavy (non-hydrogen) atoms. The van der Waals surface area contributed by atoms with Crippen molar-refractivity contribution in [1.29, 1.82) is 0 Å². The van der Waals surface area contributed by atoms with E-state index in [2.05, 4.69) is 15.3 Å². The molecule has 0 spiro atoms. The van der Waals surface area contributed by atoms with Crippen molar-refractivity contribution in [2.75, 3.05) is 7.05 Å². The lowest BCUT2D eigenvalue weighted by atomic mass is 9.97. The van der Waals surface area contributed by atoms with Crippen molar-refractivity contribution in [3.63, 3.8) is 0 Å². The molecule has 1 heterocycles. The first-order chi connectivity index (χ1) is 10.1. The normalized spacial score (nSPS) is 12.7. The Kier molecular flexibility index (Phi) is 3.35. The van der Waals surface area contributed by atoms with E-state index in [0.717, 1.165) is 22.2 Å². The first kappa shape index (κ1) is 13.6. The molecule has 0 radical (unpaired) electrons. The minimum absolute atomic E-state index is 0.136. The number of rotatable bonds is 3. The Morgan fingerprint density at radius 2 is 1.71 bits per heavy atom. The van der Waals surface area contributed by atoms with E-state index in [1.165, 1.54) is 0 Å². The van der Waals surface area contributed by atoms with Gasteiger partial charge in [0.25, 0.3) is 0 Å². The molecule has 2 aromatic carbocycles. The van der Waals surface area contributed by atoms with Crippen molar-refractivity contribution >= 4 is 11.0 Å². The summed E-state index contributed by atoms with van der Waals surface area (Å²) in [5.74, 6) is -0.219. The van der Waals surface area contributed by atoms with Crippen LogP contribution in [0.1, 0.15) is 22.7 Å². The van der Waals surface area contributed by atoms with Gasteiger partial charge in [0.2, 0.25) is 0 Å². The zero-order valence-corrected chi connectivity index (χ0v) is 11.8. The van der Waals surface area contributed by atoms with Crippen molar-refractivity contribution in [2.24, 2.45) is 0 Å². The number of aryl methyl sites for hydroxylation is 1. The van der Waals surface area contributed by atoms with Crippen molar-refractivity contribution in [2.45, 2.75) is 13.0 Å². The molecule has 1 aromatic heterocycles. The summed E-state index contributed by atoms with van der Waals surface area (Å²) in [5.41, 5.74) is 3.70. The molecule has 0 fully saturated rings. The van der Waals surface area contributed by atoms with E-state index in [0.29, 0.717) is 5.56 Å². The Balaban J connectivity index is 2.08. The SMILES string of the molecule is CNC(c1ccc(C)c(F)c1)c1ccc2[nH]c(=O)[nH]c2c1. The fourth-order valence-electron chi connectivity index (χ4n) is 2.54. The first-order valence-corrected chi connectivity index (χ1v) is 6.74. The number of hydrogen-bond donors (Lipinski definition) is 3. The Hall–Kier alpha value is -2.40. The third-order valence-corrected chi connectivity index (χ3v) is 3.69. The molecule has 0 bridgehead atoms. The van der Waals surface area contributed by atoms with Gasteiger partial charge in [-0.3, -0.25) is 0 Å². The van der Waals surface area contributed by atoms with Crippen LogP contribution >= 0.6 is 0 Å². The topological polar surface area (TPSA) is 60.7 Å². The van der Waals surface area contributed by atoms with E-state index in [1.54, 1.807) is 19.1 Å². The van der Waals surface area contributed by atoms with Crippen LogP contribution in [0.4, 0.5) is 4.39 Å². The average Bonchev–Trinajstić information content (AvgIpc) is 2.83. The molecule has 1 atom stereocenters. The molecule has 0 aliphatic rings.